The molecule has 0 fully saturated rings. The lowest BCUT2D eigenvalue weighted by atomic mass is 9.97. The minimum atomic E-state index is 0.816. The Morgan fingerprint density at radius 2 is 2.13 bits per heavy atom. The molecule has 23 heavy (non-hydrogen) atoms. The van der Waals surface area contributed by atoms with Gasteiger partial charge < -0.3 is 0 Å². The Balaban J connectivity index is 1.65. The standard InChI is InChI=1S/C17H15IN4S/c18-12-5-3-4-11(8-12)9-21-22-16-15-13-6-1-2-7-14(13)23-17(15)20-10-19-16/h3-5,8-10H,1-2,6-7H2,(H,19,20,22)/b21-9-. The van der Waals surface area contributed by atoms with E-state index >= 15 is 0 Å². The van der Waals surface area contributed by atoms with Crippen LogP contribution in [0.1, 0.15) is 28.8 Å². The lowest BCUT2D eigenvalue weighted by Gasteiger charge is -2.11. The molecule has 4 nitrogen and oxygen atoms in total. The van der Waals surface area contributed by atoms with E-state index in [1.165, 1.54) is 33.3 Å². The van der Waals surface area contributed by atoms with Gasteiger partial charge in [0.2, 0.25) is 0 Å². The summed E-state index contributed by atoms with van der Waals surface area (Å²) in [6.07, 6.45) is 8.27. The van der Waals surface area contributed by atoms with Gasteiger partial charge in [-0.2, -0.15) is 5.10 Å². The van der Waals surface area contributed by atoms with Crippen molar-refractivity contribution >= 4 is 56.2 Å². The summed E-state index contributed by atoms with van der Waals surface area (Å²) in [6, 6.07) is 8.22. The van der Waals surface area contributed by atoms with Gasteiger partial charge in [-0.05, 0) is 71.5 Å². The van der Waals surface area contributed by atoms with Crippen LogP contribution in [0.5, 0.6) is 0 Å². The lowest BCUT2D eigenvalue weighted by molar-refractivity contribution is 0.700. The van der Waals surface area contributed by atoms with Gasteiger partial charge in [-0.15, -0.1) is 11.3 Å². The zero-order valence-corrected chi connectivity index (χ0v) is 15.4. The molecule has 4 rings (SSSR count). The van der Waals surface area contributed by atoms with Crippen molar-refractivity contribution in [2.75, 3.05) is 5.43 Å². The number of anilines is 1. The van der Waals surface area contributed by atoms with Crippen LogP contribution >= 0.6 is 33.9 Å². The van der Waals surface area contributed by atoms with Crippen molar-refractivity contribution in [3.05, 3.63) is 50.2 Å². The van der Waals surface area contributed by atoms with E-state index in [-0.39, 0.29) is 0 Å². The van der Waals surface area contributed by atoms with E-state index in [4.69, 9.17) is 0 Å². The van der Waals surface area contributed by atoms with E-state index in [0.29, 0.717) is 0 Å². The summed E-state index contributed by atoms with van der Waals surface area (Å²) in [5.74, 6) is 0.816. The summed E-state index contributed by atoms with van der Waals surface area (Å²) in [4.78, 5) is 11.4. The highest BCUT2D eigenvalue weighted by molar-refractivity contribution is 14.1. The molecule has 1 N–H and O–H groups in total. The fourth-order valence-electron chi connectivity index (χ4n) is 2.93. The Morgan fingerprint density at radius 1 is 1.22 bits per heavy atom. The van der Waals surface area contributed by atoms with Gasteiger partial charge in [-0.1, -0.05) is 12.1 Å². The van der Waals surface area contributed by atoms with Gasteiger partial charge in [0, 0.05) is 8.45 Å². The molecule has 0 spiro atoms. The monoisotopic (exact) mass is 434 g/mol. The number of fused-ring (bicyclic) bond motifs is 3. The summed E-state index contributed by atoms with van der Waals surface area (Å²) in [5.41, 5.74) is 5.61. The molecule has 0 saturated carbocycles. The first-order valence-corrected chi connectivity index (χ1v) is 9.51. The van der Waals surface area contributed by atoms with Crippen LogP contribution in [0.4, 0.5) is 5.82 Å². The van der Waals surface area contributed by atoms with Gasteiger partial charge in [0.05, 0.1) is 11.6 Å². The zero-order valence-electron chi connectivity index (χ0n) is 12.4. The Hall–Kier alpha value is -1.54. The number of aromatic nitrogens is 2. The molecule has 1 aromatic carbocycles. The molecule has 0 bridgehead atoms. The molecule has 0 atom stereocenters. The van der Waals surface area contributed by atoms with Gasteiger partial charge in [-0.3, -0.25) is 5.43 Å². The number of hydrogen-bond acceptors (Lipinski definition) is 5. The fourth-order valence-corrected chi connectivity index (χ4v) is 4.73. The number of hydrazone groups is 1. The second kappa shape index (κ2) is 6.52. The van der Waals surface area contributed by atoms with Crippen molar-refractivity contribution in [1.82, 2.24) is 9.97 Å². The Labute approximate surface area is 152 Å². The van der Waals surface area contributed by atoms with E-state index in [0.717, 1.165) is 28.0 Å². The summed E-state index contributed by atoms with van der Waals surface area (Å²) in [6.45, 7) is 0. The second-order valence-corrected chi connectivity index (χ2v) is 7.87. The lowest BCUT2D eigenvalue weighted by Crippen LogP contribution is -2.00. The minimum Gasteiger partial charge on any atom is -0.261 e. The normalized spacial score (nSPS) is 14.3. The van der Waals surface area contributed by atoms with Crippen molar-refractivity contribution in [2.45, 2.75) is 25.7 Å². The smallest absolute Gasteiger partial charge is 0.158 e. The van der Waals surface area contributed by atoms with Crippen LogP contribution in [0.3, 0.4) is 0 Å². The summed E-state index contributed by atoms with van der Waals surface area (Å²) < 4.78 is 1.20. The van der Waals surface area contributed by atoms with Crippen molar-refractivity contribution in [3.8, 4) is 0 Å². The van der Waals surface area contributed by atoms with Gasteiger partial charge in [0.25, 0.3) is 0 Å². The topological polar surface area (TPSA) is 50.2 Å². The third-order valence-corrected chi connectivity index (χ3v) is 5.85. The maximum absolute atomic E-state index is 4.44. The van der Waals surface area contributed by atoms with E-state index in [9.17, 15) is 0 Å². The molecule has 3 aromatic rings. The number of benzene rings is 1. The predicted octanol–water partition coefficient (Wildman–Crippen LogP) is 4.62. The first-order valence-electron chi connectivity index (χ1n) is 7.61. The maximum atomic E-state index is 4.44. The van der Waals surface area contributed by atoms with E-state index in [1.807, 2.05) is 18.3 Å². The first-order chi connectivity index (χ1) is 11.3. The number of halogens is 1. The molecule has 116 valence electrons. The molecule has 2 aromatic heterocycles. The molecule has 0 aliphatic heterocycles. The Kier molecular flexibility index (Phi) is 4.26. The van der Waals surface area contributed by atoms with Gasteiger partial charge in [-0.25, -0.2) is 9.97 Å². The van der Waals surface area contributed by atoms with E-state index < -0.39 is 0 Å². The molecule has 6 heteroatoms. The molecule has 0 unspecified atom stereocenters. The highest BCUT2D eigenvalue weighted by Crippen LogP contribution is 2.38. The number of hydrogen-bond donors (Lipinski definition) is 1. The third kappa shape index (κ3) is 3.10. The van der Waals surface area contributed by atoms with Gasteiger partial charge in [0.1, 0.15) is 11.2 Å². The third-order valence-electron chi connectivity index (χ3n) is 3.98. The molecule has 0 amide bonds. The van der Waals surface area contributed by atoms with Crippen molar-refractivity contribution in [3.63, 3.8) is 0 Å². The van der Waals surface area contributed by atoms with Crippen LogP contribution in [0.15, 0.2) is 35.7 Å². The average Bonchev–Trinajstić information content (AvgIpc) is 2.94. The Bertz CT molecular complexity index is 887. The number of nitrogens with one attached hydrogen (secondary N) is 1. The summed E-state index contributed by atoms with van der Waals surface area (Å²) in [7, 11) is 0. The van der Waals surface area contributed by atoms with Crippen LogP contribution in [-0.4, -0.2) is 16.2 Å². The first kappa shape index (κ1) is 15.0. The molecule has 2 heterocycles. The number of nitrogens with zero attached hydrogens (tertiary/aromatic N) is 3. The van der Waals surface area contributed by atoms with E-state index in [2.05, 4.69) is 55.2 Å². The van der Waals surface area contributed by atoms with Crippen molar-refractivity contribution < 1.29 is 0 Å². The molecule has 0 radical (unpaired) electrons. The molecule has 1 aliphatic rings. The Morgan fingerprint density at radius 3 is 3.04 bits per heavy atom. The average molecular weight is 434 g/mol. The SMILES string of the molecule is Ic1cccc(/C=N\Nc2ncnc3sc4c(c23)CCCC4)c1. The van der Waals surface area contributed by atoms with Gasteiger partial charge in [0.15, 0.2) is 5.82 Å². The van der Waals surface area contributed by atoms with Crippen molar-refractivity contribution in [2.24, 2.45) is 5.10 Å². The highest BCUT2D eigenvalue weighted by atomic mass is 127. The van der Waals surface area contributed by atoms with Crippen LogP contribution in [-0.2, 0) is 12.8 Å². The molecular weight excluding hydrogens is 419 g/mol. The zero-order chi connectivity index (χ0) is 15.6. The molecule has 0 saturated heterocycles. The van der Waals surface area contributed by atoms with Crippen LogP contribution in [0, 0.1) is 3.57 Å². The summed E-state index contributed by atoms with van der Waals surface area (Å²) >= 11 is 4.10. The largest absolute Gasteiger partial charge is 0.261 e. The number of rotatable bonds is 3. The highest BCUT2D eigenvalue weighted by Gasteiger charge is 2.19. The quantitative estimate of drug-likeness (QED) is 0.372. The van der Waals surface area contributed by atoms with Crippen LogP contribution in [0.25, 0.3) is 10.2 Å². The maximum Gasteiger partial charge on any atom is 0.158 e. The number of aryl methyl sites for hydroxylation is 2. The molecule has 1 aliphatic carbocycles. The van der Waals surface area contributed by atoms with E-state index in [1.54, 1.807) is 17.7 Å². The minimum absolute atomic E-state index is 0.816. The molecular formula is C17H15IN4S. The fraction of sp³-hybridized carbons (Fsp3) is 0.235. The number of thiophene rings is 1. The van der Waals surface area contributed by atoms with Crippen molar-refractivity contribution in [1.29, 1.82) is 0 Å². The van der Waals surface area contributed by atoms with Crippen LogP contribution < -0.4 is 5.43 Å². The van der Waals surface area contributed by atoms with Gasteiger partial charge >= 0.3 is 0 Å². The summed E-state index contributed by atoms with van der Waals surface area (Å²) in [5, 5.41) is 5.53. The predicted molar refractivity (Wildman–Crippen MR) is 104 cm³/mol. The second-order valence-electron chi connectivity index (χ2n) is 5.54. The van der Waals surface area contributed by atoms with Crippen LogP contribution in [0.2, 0.25) is 0 Å².